The summed E-state index contributed by atoms with van der Waals surface area (Å²) in [5.41, 5.74) is 2.16. The molecule has 0 spiro atoms. The minimum absolute atomic E-state index is 0.0483. The Bertz CT molecular complexity index is 942. The maximum atomic E-state index is 14.0. The van der Waals surface area contributed by atoms with E-state index in [0.717, 1.165) is 44.2 Å². The summed E-state index contributed by atoms with van der Waals surface area (Å²) in [7, 11) is 0. The number of hydrogen-bond donors (Lipinski definition) is 1. The van der Waals surface area contributed by atoms with Crippen LogP contribution in [0.4, 0.5) is 4.39 Å². The fourth-order valence-corrected chi connectivity index (χ4v) is 5.75. The normalized spacial score (nSPS) is 25.8. The van der Waals surface area contributed by atoms with Gasteiger partial charge in [-0.25, -0.2) is 4.39 Å². The van der Waals surface area contributed by atoms with Crippen LogP contribution in [0.15, 0.2) is 54.6 Å². The zero-order valence-electron chi connectivity index (χ0n) is 18.7. The van der Waals surface area contributed by atoms with Crippen LogP contribution in [-0.4, -0.2) is 54.1 Å². The average Bonchev–Trinajstić information content (AvgIpc) is 3.58. The van der Waals surface area contributed by atoms with Gasteiger partial charge in [0.25, 0.3) is 0 Å². The quantitative estimate of drug-likeness (QED) is 0.681. The van der Waals surface area contributed by atoms with Crippen molar-refractivity contribution in [1.82, 2.24) is 15.1 Å². The number of hydrogen-bond acceptors (Lipinski definition) is 4. The molecule has 0 aromatic heterocycles. The summed E-state index contributed by atoms with van der Waals surface area (Å²) in [5.74, 6) is 1.27. The van der Waals surface area contributed by atoms with Crippen LogP contribution < -0.4 is 5.32 Å². The summed E-state index contributed by atoms with van der Waals surface area (Å²) in [6.45, 7) is 5.58. The average molecular weight is 433 g/mol. The van der Waals surface area contributed by atoms with Crippen LogP contribution in [-0.2, 0) is 6.54 Å². The molecule has 0 amide bonds. The van der Waals surface area contributed by atoms with Crippen LogP contribution in [0.1, 0.15) is 42.7 Å². The summed E-state index contributed by atoms with van der Waals surface area (Å²) < 4.78 is 14.0. The molecule has 2 aliphatic heterocycles. The SMILES string of the molecule is N#CCC1(N2CCC(CN[C@@H]3C[C@H]3c3ccccc3)CC2)CN(Cc2ccccc2F)C1. The lowest BCUT2D eigenvalue weighted by molar-refractivity contribution is -0.0701. The number of piperidine rings is 1. The first-order valence-corrected chi connectivity index (χ1v) is 12.0. The number of nitriles is 1. The highest BCUT2D eigenvalue weighted by Crippen LogP contribution is 2.41. The van der Waals surface area contributed by atoms with Crippen molar-refractivity contribution in [2.75, 3.05) is 32.7 Å². The van der Waals surface area contributed by atoms with Gasteiger partial charge in [-0.2, -0.15) is 5.26 Å². The zero-order chi connectivity index (χ0) is 22.0. The van der Waals surface area contributed by atoms with E-state index in [0.29, 0.717) is 24.9 Å². The second-order valence-electron chi connectivity index (χ2n) is 9.99. The lowest BCUT2D eigenvalue weighted by Crippen LogP contribution is -2.70. The molecule has 0 unspecified atom stereocenters. The first-order chi connectivity index (χ1) is 15.7. The third kappa shape index (κ3) is 4.59. The van der Waals surface area contributed by atoms with E-state index in [1.807, 2.05) is 12.1 Å². The van der Waals surface area contributed by atoms with E-state index in [-0.39, 0.29) is 11.4 Å². The molecule has 4 nitrogen and oxygen atoms in total. The van der Waals surface area contributed by atoms with Gasteiger partial charge in [-0.3, -0.25) is 9.80 Å². The van der Waals surface area contributed by atoms with Gasteiger partial charge in [-0.15, -0.1) is 0 Å². The Kier molecular flexibility index (Phi) is 6.28. The van der Waals surface area contributed by atoms with E-state index < -0.39 is 0 Å². The van der Waals surface area contributed by atoms with Crippen molar-refractivity contribution < 1.29 is 4.39 Å². The van der Waals surface area contributed by atoms with Crippen molar-refractivity contribution in [2.24, 2.45) is 5.92 Å². The Hall–Kier alpha value is -2.26. The molecule has 1 N–H and O–H groups in total. The van der Waals surface area contributed by atoms with Crippen LogP contribution in [0.25, 0.3) is 0 Å². The molecule has 1 saturated carbocycles. The summed E-state index contributed by atoms with van der Waals surface area (Å²) >= 11 is 0. The Morgan fingerprint density at radius 1 is 1.03 bits per heavy atom. The molecule has 3 aliphatic rings. The molecule has 1 aliphatic carbocycles. The molecule has 2 atom stereocenters. The summed E-state index contributed by atoms with van der Waals surface area (Å²) in [6, 6.07) is 20.9. The predicted molar refractivity (Wildman–Crippen MR) is 125 cm³/mol. The highest BCUT2D eigenvalue weighted by molar-refractivity contribution is 5.27. The zero-order valence-corrected chi connectivity index (χ0v) is 18.7. The van der Waals surface area contributed by atoms with Crippen molar-refractivity contribution in [3.63, 3.8) is 0 Å². The van der Waals surface area contributed by atoms with Crippen molar-refractivity contribution in [3.8, 4) is 6.07 Å². The van der Waals surface area contributed by atoms with Crippen molar-refractivity contribution in [3.05, 3.63) is 71.5 Å². The maximum absolute atomic E-state index is 14.0. The number of rotatable bonds is 8. The largest absolute Gasteiger partial charge is 0.313 e. The highest BCUT2D eigenvalue weighted by Gasteiger charge is 2.48. The van der Waals surface area contributed by atoms with Crippen LogP contribution >= 0.6 is 0 Å². The second-order valence-corrected chi connectivity index (χ2v) is 9.99. The van der Waals surface area contributed by atoms with E-state index in [9.17, 15) is 9.65 Å². The minimum Gasteiger partial charge on any atom is -0.313 e. The Labute approximate surface area is 191 Å². The number of nitrogens with zero attached hydrogens (tertiary/aromatic N) is 3. The molecule has 2 heterocycles. The monoisotopic (exact) mass is 432 g/mol. The molecule has 5 rings (SSSR count). The minimum atomic E-state index is -0.135. The van der Waals surface area contributed by atoms with Gasteiger partial charge >= 0.3 is 0 Å². The molecule has 0 radical (unpaired) electrons. The lowest BCUT2D eigenvalue weighted by atomic mass is 9.81. The molecular weight excluding hydrogens is 399 g/mol. The first kappa shape index (κ1) is 21.6. The topological polar surface area (TPSA) is 42.3 Å². The molecule has 168 valence electrons. The van der Waals surface area contributed by atoms with Crippen molar-refractivity contribution >= 4 is 0 Å². The van der Waals surface area contributed by atoms with Gasteiger partial charge in [-0.05, 0) is 56.4 Å². The molecule has 3 fully saturated rings. The summed E-state index contributed by atoms with van der Waals surface area (Å²) in [5, 5.41) is 13.3. The number of halogens is 1. The van der Waals surface area contributed by atoms with Gasteiger partial charge < -0.3 is 5.32 Å². The Morgan fingerprint density at radius 3 is 2.47 bits per heavy atom. The molecule has 2 aromatic rings. The fourth-order valence-electron chi connectivity index (χ4n) is 5.75. The molecule has 0 bridgehead atoms. The second kappa shape index (κ2) is 9.31. The van der Waals surface area contributed by atoms with E-state index in [4.69, 9.17) is 0 Å². The highest BCUT2D eigenvalue weighted by atomic mass is 19.1. The third-order valence-corrected chi connectivity index (χ3v) is 7.77. The standard InChI is InChI=1S/C27H33FN4/c28-25-9-5-4-8-23(25)18-31-19-27(20-31,12-13-29)32-14-10-21(11-15-32)17-30-26-16-24(26)22-6-2-1-3-7-22/h1-9,21,24,26,30H,10-12,14-20H2/t24-,26+/m0/s1. The van der Waals surface area contributed by atoms with E-state index in [1.165, 1.54) is 30.9 Å². The van der Waals surface area contributed by atoms with Gasteiger partial charge in [-0.1, -0.05) is 48.5 Å². The van der Waals surface area contributed by atoms with Gasteiger partial charge in [0, 0.05) is 37.2 Å². The van der Waals surface area contributed by atoms with E-state index >= 15 is 0 Å². The molecular formula is C27H33FN4. The molecule has 5 heteroatoms. The van der Waals surface area contributed by atoms with Gasteiger partial charge in [0.2, 0.25) is 0 Å². The van der Waals surface area contributed by atoms with E-state index in [1.54, 1.807) is 6.07 Å². The van der Waals surface area contributed by atoms with Gasteiger partial charge in [0.05, 0.1) is 18.0 Å². The van der Waals surface area contributed by atoms with Gasteiger partial charge in [0.1, 0.15) is 5.82 Å². The molecule has 2 saturated heterocycles. The summed E-state index contributed by atoms with van der Waals surface area (Å²) in [4.78, 5) is 4.83. The fraction of sp³-hybridized carbons (Fsp3) is 0.519. The molecule has 2 aromatic carbocycles. The van der Waals surface area contributed by atoms with Crippen molar-refractivity contribution in [1.29, 1.82) is 5.26 Å². The maximum Gasteiger partial charge on any atom is 0.127 e. The third-order valence-electron chi connectivity index (χ3n) is 7.77. The number of likely N-dealkylation sites (tertiary alicyclic amines) is 2. The van der Waals surface area contributed by atoms with E-state index in [2.05, 4.69) is 51.5 Å². The first-order valence-electron chi connectivity index (χ1n) is 12.0. The summed E-state index contributed by atoms with van der Waals surface area (Å²) in [6.07, 6.45) is 4.20. The lowest BCUT2D eigenvalue weighted by Gasteiger charge is -2.56. The van der Waals surface area contributed by atoms with Crippen LogP contribution in [0.5, 0.6) is 0 Å². The Morgan fingerprint density at radius 2 is 1.75 bits per heavy atom. The van der Waals surface area contributed by atoms with Crippen LogP contribution in [0, 0.1) is 23.1 Å². The van der Waals surface area contributed by atoms with Crippen LogP contribution in [0.3, 0.4) is 0 Å². The van der Waals surface area contributed by atoms with Crippen molar-refractivity contribution in [2.45, 2.75) is 49.7 Å². The number of benzene rings is 2. The smallest absolute Gasteiger partial charge is 0.127 e. The number of nitrogens with one attached hydrogen (secondary N) is 1. The van der Waals surface area contributed by atoms with Gasteiger partial charge in [0.15, 0.2) is 0 Å². The predicted octanol–water partition coefficient (Wildman–Crippen LogP) is 4.15. The molecule has 32 heavy (non-hydrogen) atoms. The van der Waals surface area contributed by atoms with Crippen LogP contribution in [0.2, 0.25) is 0 Å². The Balaban J connectivity index is 1.08.